The molecule has 1 aliphatic heterocycles. The molecule has 1 aliphatic rings. The second kappa shape index (κ2) is 4.70. The van der Waals surface area contributed by atoms with Crippen LogP contribution in [0.1, 0.15) is 12.8 Å². The Morgan fingerprint density at radius 3 is 2.84 bits per heavy atom. The summed E-state index contributed by atoms with van der Waals surface area (Å²) >= 11 is 6.07. The molecule has 1 saturated heterocycles. The van der Waals surface area contributed by atoms with Gasteiger partial charge >= 0.3 is 0 Å². The summed E-state index contributed by atoms with van der Waals surface area (Å²) in [5.74, 6) is 0.763. The van der Waals surface area contributed by atoms with E-state index in [9.17, 15) is 10.1 Å². The number of non-ortho nitro benzene ring substituents is 1. The van der Waals surface area contributed by atoms with Gasteiger partial charge in [0, 0.05) is 30.6 Å². The Labute approximate surface area is 114 Å². The van der Waals surface area contributed by atoms with Crippen molar-refractivity contribution in [2.24, 2.45) is 0 Å². The van der Waals surface area contributed by atoms with Gasteiger partial charge in [-0.15, -0.1) is 11.6 Å². The van der Waals surface area contributed by atoms with E-state index in [-0.39, 0.29) is 11.1 Å². The van der Waals surface area contributed by atoms with E-state index in [1.165, 1.54) is 12.1 Å². The van der Waals surface area contributed by atoms with E-state index in [0.717, 1.165) is 37.4 Å². The van der Waals surface area contributed by atoms with Gasteiger partial charge in [-0.2, -0.15) is 0 Å². The molecule has 100 valence electrons. The van der Waals surface area contributed by atoms with Gasteiger partial charge in [0.25, 0.3) is 5.69 Å². The van der Waals surface area contributed by atoms with Crippen LogP contribution >= 0.6 is 11.6 Å². The van der Waals surface area contributed by atoms with E-state index in [2.05, 4.69) is 14.9 Å². The van der Waals surface area contributed by atoms with E-state index in [1.807, 2.05) is 0 Å². The van der Waals surface area contributed by atoms with Gasteiger partial charge in [0.15, 0.2) is 0 Å². The third kappa shape index (κ3) is 2.35. The first-order chi connectivity index (χ1) is 9.13. The number of nitrogens with one attached hydrogen (secondary N) is 1. The third-order valence-electron chi connectivity index (χ3n) is 3.39. The number of imidazole rings is 1. The molecule has 3 rings (SSSR count). The number of nitro groups is 1. The molecule has 0 spiro atoms. The van der Waals surface area contributed by atoms with Crippen molar-refractivity contribution in [2.75, 3.05) is 18.0 Å². The zero-order valence-corrected chi connectivity index (χ0v) is 10.9. The molecule has 1 N–H and O–H groups in total. The van der Waals surface area contributed by atoms with Crippen molar-refractivity contribution in [1.29, 1.82) is 0 Å². The number of fused-ring (bicyclic) bond motifs is 1. The van der Waals surface area contributed by atoms with Crippen LogP contribution < -0.4 is 4.90 Å². The molecule has 0 saturated carbocycles. The Morgan fingerprint density at radius 1 is 1.42 bits per heavy atom. The quantitative estimate of drug-likeness (QED) is 0.521. The normalized spacial score (nSPS) is 17.0. The number of alkyl halides is 1. The number of nitrogens with zero attached hydrogens (tertiary/aromatic N) is 3. The summed E-state index contributed by atoms with van der Waals surface area (Å²) in [7, 11) is 0. The molecule has 0 aliphatic carbocycles. The highest BCUT2D eigenvalue weighted by atomic mass is 35.5. The van der Waals surface area contributed by atoms with Gasteiger partial charge in [0.05, 0.1) is 16.0 Å². The van der Waals surface area contributed by atoms with Crippen molar-refractivity contribution in [1.82, 2.24) is 9.97 Å². The number of rotatable bonds is 2. The van der Waals surface area contributed by atoms with Gasteiger partial charge in [-0.05, 0) is 18.9 Å². The van der Waals surface area contributed by atoms with Gasteiger partial charge in [-0.25, -0.2) is 4.98 Å². The van der Waals surface area contributed by atoms with Crippen LogP contribution in [-0.2, 0) is 0 Å². The molecule has 1 aromatic carbocycles. The second-order valence-electron chi connectivity index (χ2n) is 4.68. The summed E-state index contributed by atoms with van der Waals surface area (Å²) in [6.45, 7) is 1.71. The van der Waals surface area contributed by atoms with E-state index < -0.39 is 4.92 Å². The molecular weight excluding hydrogens is 268 g/mol. The molecule has 0 bridgehead atoms. The smallest absolute Gasteiger partial charge is 0.271 e. The van der Waals surface area contributed by atoms with E-state index >= 15 is 0 Å². The number of H-pyrrole nitrogens is 1. The van der Waals surface area contributed by atoms with Crippen LogP contribution in [0.25, 0.3) is 11.0 Å². The number of anilines is 1. The average molecular weight is 281 g/mol. The molecule has 7 heteroatoms. The number of nitro benzene ring substituents is 1. The Hall–Kier alpha value is -1.82. The molecule has 19 heavy (non-hydrogen) atoms. The number of halogens is 1. The van der Waals surface area contributed by atoms with Gasteiger partial charge in [0.2, 0.25) is 5.95 Å². The third-order valence-corrected chi connectivity index (χ3v) is 3.82. The van der Waals surface area contributed by atoms with Crippen molar-refractivity contribution in [3.8, 4) is 0 Å². The summed E-state index contributed by atoms with van der Waals surface area (Å²) in [4.78, 5) is 20.1. The lowest BCUT2D eigenvalue weighted by Crippen LogP contribution is -2.34. The Kier molecular flexibility index (Phi) is 3.02. The number of hydrogen-bond acceptors (Lipinski definition) is 4. The summed E-state index contributed by atoms with van der Waals surface area (Å²) in [5, 5.41) is 11.0. The largest absolute Gasteiger partial charge is 0.342 e. The number of aromatic nitrogens is 2. The first-order valence-corrected chi connectivity index (χ1v) is 6.60. The SMILES string of the molecule is O=[N+]([O-])c1ccc2nc(N3CCC(Cl)CC3)[nH]c2c1. The lowest BCUT2D eigenvalue weighted by Gasteiger charge is -2.28. The van der Waals surface area contributed by atoms with E-state index in [0.29, 0.717) is 5.52 Å². The lowest BCUT2D eigenvalue weighted by atomic mass is 10.1. The van der Waals surface area contributed by atoms with Crippen LogP contribution in [0.2, 0.25) is 0 Å². The van der Waals surface area contributed by atoms with E-state index in [1.54, 1.807) is 6.07 Å². The molecular formula is C12H13ClN4O2. The first kappa shape index (κ1) is 12.2. The predicted molar refractivity (Wildman–Crippen MR) is 73.8 cm³/mol. The number of piperidine rings is 1. The molecule has 1 aromatic heterocycles. The minimum atomic E-state index is -0.404. The van der Waals surface area contributed by atoms with Crippen molar-refractivity contribution >= 4 is 34.3 Å². The van der Waals surface area contributed by atoms with Crippen LogP contribution in [0.5, 0.6) is 0 Å². The highest BCUT2D eigenvalue weighted by Gasteiger charge is 2.20. The fourth-order valence-electron chi connectivity index (χ4n) is 2.31. The average Bonchev–Trinajstić information content (AvgIpc) is 2.82. The van der Waals surface area contributed by atoms with E-state index in [4.69, 9.17) is 11.6 Å². The Morgan fingerprint density at radius 2 is 2.16 bits per heavy atom. The molecule has 6 nitrogen and oxygen atoms in total. The summed E-state index contributed by atoms with van der Waals surface area (Å²) in [5.41, 5.74) is 1.51. The minimum absolute atomic E-state index is 0.0715. The van der Waals surface area contributed by atoms with Gasteiger partial charge < -0.3 is 9.88 Å². The molecule has 0 atom stereocenters. The monoisotopic (exact) mass is 280 g/mol. The van der Waals surface area contributed by atoms with Crippen molar-refractivity contribution < 1.29 is 4.92 Å². The van der Waals surface area contributed by atoms with Crippen molar-refractivity contribution in [3.05, 3.63) is 28.3 Å². The van der Waals surface area contributed by atoms with Gasteiger partial charge in [0.1, 0.15) is 0 Å². The fraction of sp³-hybridized carbons (Fsp3) is 0.417. The zero-order chi connectivity index (χ0) is 13.4. The maximum Gasteiger partial charge on any atom is 0.271 e. The van der Waals surface area contributed by atoms with Gasteiger partial charge in [-0.1, -0.05) is 0 Å². The standard InChI is InChI=1S/C12H13ClN4O2/c13-8-3-5-16(6-4-8)12-14-10-2-1-9(17(18)19)7-11(10)15-12/h1-2,7-8H,3-6H2,(H,14,15). The van der Waals surface area contributed by atoms with Crippen LogP contribution in [-0.4, -0.2) is 33.4 Å². The number of aromatic amines is 1. The van der Waals surface area contributed by atoms with Crippen molar-refractivity contribution in [2.45, 2.75) is 18.2 Å². The summed E-state index contributed by atoms with van der Waals surface area (Å²) in [6.07, 6.45) is 1.86. The molecule has 0 amide bonds. The topological polar surface area (TPSA) is 75.1 Å². The highest BCUT2D eigenvalue weighted by molar-refractivity contribution is 6.20. The number of hydrogen-bond donors (Lipinski definition) is 1. The lowest BCUT2D eigenvalue weighted by molar-refractivity contribution is -0.384. The highest BCUT2D eigenvalue weighted by Crippen LogP contribution is 2.25. The summed E-state index contributed by atoms with van der Waals surface area (Å²) < 4.78 is 0. The maximum atomic E-state index is 10.7. The van der Waals surface area contributed by atoms with Crippen LogP contribution in [0.4, 0.5) is 11.6 Å². The minimum Gasteiger partial charge on any atom is -0.342 e. The second-order valence-corrected chi connectivity index (χ2v) is 5.30. The Bertz CT molecular complexity index is 619. The predicted octanol–water partition coefficient (Wildman–Crippen LogP) is 2.68. The molecule has 0 unspecified atom stereocenters. The van der Waals surface area contributed by atoms with Crippen LogP contribution in [0, 0.1) is 10.1 Å². The maximum absolute atomic E-state index is 10.7. The summed E-state index contributed by atoms with van der Waals surface area (Å²) in [6, 6.07) is 4.65. The fourth-order valence-corrected chi connectivity index (χ4v) is 2.50. The first-order valence-electron chi connectivity index (χ1n) is 6.16. The van der Waals surface area contributed by atoms with Gasteiger partial charge in [-0.3, -0.25) is 10.1 Å². The van der Waals surface area contributed by atoms with Crippen LogP contribution in [0.3, 0.4) is 0 Å². The molecule has 2 heterocycles. The Balaban J connectivity index is 1.91. The molecule has 0 radical (unpaired) electrons. The van der Waals surface area contributed by atoms with Crippen LogP contribution in [0.15, 0.2) is 18.2 Å². The van der Waals surface area contributed by atoms with Crippen molar-refractivity contribution in [3.63, 3.8) is 0 Å². The zero-order valence-electron chi connectivity index (χ0n) is 10.2. The molecule has 1 fully saturated rings. The molecule has 2 aromatic rings. The number of benzene rings is 1.